The molecule has 0 aromatic carbocycles. The van der Waals surface area contributed by atoms with Crippen LogP contribution in [0.15, 0.2) is 18.3 Å². The van der Waals surface area contributed by atoms with Crippen LogP contribution in [0, 0.1) is 0 Å². The standard InChI is InChI=1S/C15H23N3O3S/c1-3-9-22(20,21)18-8-4-5-15(18)14-7-6-13(11-17-14)10-16-12(2)19/h6-7,11,15H,3-5,8-10H2,1-2H3,(H,16,19)/t15-/m0/s1. The van der Waals surface area contributed by atoms with Crippen LogP contribution in [0.1, 0.15) is 50.4 Å². The summed E-state index contributed by atoms with van der Waals surface area (Å²) in [6, 6.07) is 3.59. The van der Waals surface area contributed by atoms with Crippen LogP contribution in [0.25, 0.3) is 0 Å². The summed E-state index contributed by atoms with van der Waals surface area (Å²) in [5, 5.41) is 2.72. The third-order valence-electron chi connectivity index (χ3n) is 3.75. The fourth-order valence-corrected chi connectivity index (χ4v) is 4.47. The molecule has 7 heteroatoms. The third-order valence-corrected chi connectivity index (χ3v) is 5.83. The van der Waals surface area contributed by atoms with E-state index in [4.69, 9.17) is 0 Å². The molecule has 1 saturated heterocycles. The van der Waals surface area contributed by atoms with E-state index in [1.54, 1.807) is 10.5 Å². The number of pyridine rings is 1. The van der Waals surface area contributed by atoms with E-state index in [0.29, 0.717) is 19.5 Å². The van der Waals surface area contributed by atoms with Gasteiger partial charge in [0.2, 0.25) is 15.9 Å². The lowest BCUT2D eigenvalue weighted by Crippen LogP contribution is -2.32. The normalized spacial score (nSPS) is 19.3. The first-order chi connectivity index (χ1) is 10.4. The van der Waals surface area contributed by atoms with Crippen LogP contribution in [0.3, 0.4) is 0 Å². The summed E-state index contributed by atoms with van der Waals surface area (Å²) in [6.07, 6.45) is 3.99. The zero-order valence-electron chi connectivity index (χ0n) is 13.1. The molecule has 0 bridgehead atoms. The van der Waals surface area contributed by atoms with Crippen LogP contribution in [0.4, 0.5) is 0 Å². The number of hydrogen-bond acceptors (Lipinski definition) is 4. The SMILES string of the molecule is CCCS(=O)(=O)N1CCC[C@H]1c1ccc(CNC(C)=O)cn1. The molecule has 0 aliphatic carbocycles. The maximum atomic E-state index is 12.3. The molecule has 1 N–H and O–H groups in total. The molecular formula is C15H23N3O3S. The van der Waals surface area contributed by atoms with Crippen molar-refractivity contribution < 1.29 is 13.2 Å². The van der Waals surface area contributed by atoms with Crippen molar-refractivity contribution in [1.82, 2.24) is 14.6 Å². The van der Waals surface area contributed by atoms with Gasteiger partial charge in [0.15, 0.2) is 0 Å². The number of nitrogens with zero attached hydrogens (tertiary/aromatic N) is 2. The van der Waals surface area contributed by atoms with Crippen molar-refractivity contribution in [3.8, 4) is 0 Å². The van der Waals surface area contributed by atoms with Crippen LogP contribution in [0.2, 0.25) is 0 Å². The molecular weight excluding hydrogens is 302 g/mol. The van der Waals surface area contributed by atoms with Gasteiger partial charge in [-0.2, -0.15) is 4.31 Å². The lowest BCUT2D eigenvalue weighted by atomic mass is 10.1. The van der Waals surface area contributed by atoms with E-state index in [2.05, 4.69) is 10.3 Å². The van der Waals surface area contributed by atoms with Gasteiger partial charge in [0.05, 0.1) is 17.5 Å². The van der Waals surface area contributed by atoms with Gasteiger partial charge in [-0.3, -0.25) is 9.78 Å². The summed E-state index contributed by atoms with van der Waals surface area (Å²) in [6.45, 7) is 4.35. The Hall–Kier alpha value is -1.47. The number of hydrogen-bond donors (Lipinski definition) is 1. The van der Waals surface area contributed by atoms with Crippen LogP contribution in [-0.2, 0) is 21.4 Å². The number of aromatic nitrogens is 1. The predicted molar refractivity (Wildman–Crippen MR) is 84.5 cm³/mol. The van der Waals surface area contributed by atoms with Crippen molar-refractivity contribution in [2.45, 2.75) is 45.7 Å². The Morgan fingerprint density at radius 3 is 2.82 bits per heavy atom. The zero-order valence-corrected chi connectivity index (χ0v) is 13.9. The van der Waals surface area contributed by atoms with Gasteiger partial charge in [0.1, 0.15) is 0 Å². The molecule has 1 aliphatic heterocycles. The molecule has 1 amide bonds. The third kappa shape index (κ3) is 4.04. The second kappa shape index (κ2) is 7.19. The van der Waals surface area contributed by atoms with E-state index in [-0.39, 0.29) is 17.7 Å². The summed E-state index contributed by atoms with van der Waals surface area (Å²) in [7, 11) is -3.20. The molecule has 22 heavy (non-hydrogen) atoms. The van der Waals surface area contributed by atoms with Crippen LogP contribution >= 0.6 is 0 Å². The Kier molecular flexibility index (Phi) is 5.52. The number of amides is 1. The van der Waals surface area contributed by atoms with Gasteiger partial charge in [-0.05, 0) is 30.9 Å². The van der Waals surface area contributed by atoms with Gasteiger partial charge >= 0.3 is 0 Å². The molecule has 1 aromatic heterocycles. The highest BCUT2D eigenvalue weighted by atomic mass is 32.2. The van der Waals surface area contributed by atoms with Gasteiger partial charge in [-0.1, -0.05) is 13.0 Å². The Morgan fingerprint density at radius 1 is 1.45 bits per heavy atom. The van der Waals surface area contributed by atoms with Crippen molar-refractivity contribution >= 4 is 15.9 Å². The Balaban J connectivity index is 2.11. The summed E-state index contributed by atoms with van der Waals surface area (Å²) in [5.74, 6) is 0.0983. The number of sulfonamides is 1. The maximum absolute atomic E-state index is 12.3. The van der Waals surface area contributed by atoms with E-state index in [0.717, 1.165) is 24.1 Å². The maximum Gasteiger partial charge on any atom is 0.217 e. The molecule has 2 rings (SSSR count). The molecule has 6 nitrogen and oxygen atoms in total. The molecule has 1 atom stereocenters. The minimum Gasteiger partial charge on any atom is -0.352 e. The average Bonchev–Trinajstić information content (AvgIpc) is 2.96. The van der Waals surface area contributed by atoms with Crippen LogP contribution in [-0.4, -0.2) is 35.9 Å². The zero-order chi connectivity index (χ0) is 16.2. The molecule has 122 valence electrons. The van der Waals surface area contributed by atoms with Crippen molar-refractivity contribution in [1.29, 1.82) is 0 Å². The van der Waals surface area contributed by atoms with E-state index < -0.39 is 10.0 Å². The monoisotopic (exact) mass is 325 g/mol. The summed E-state index contributed by atoms with van der Waals surface area (Å²) in [5.41, 5.74) is 1.68. The number of carbonyl (C=O) groups excluding carboxylic acids is 1. The highest BCUT2D eigenvalue weighted by Crippen LogP contribution is 2.33. The number of carbonyl (C=O) groups is 1. The molecule has 0 spiro atoms. The van der Waals surface area contributed by atoms with E-state index in [1.807, 2.05) is 19.1 Å². The fourth-order valence-electron chi connectivity index (χ4n) is 2.71. The summed E-state index contributed by atoms with van der Waals surface area (Å²) < 4.78 is 26.2. The highest BCUT2D eigenvalue weighted by Gasteiger charge is 2.35. The Bertz CT molecular complexity index is 613. The molecule has 0 unspecified atom stereocenters. The molecule has 1 aliphatic rings. The highest BCUT2D eigenvalue weighted by molar-refractivity contribution is 7.89. The van der Waals surface area contributed by atoms with Crippen molar-refractivity contribution in [2.24, 2.45) is 0 Å². The summed E-state index contributed by atoms with van der Waals surface area (Å²) >= 11 is 0. The van der Waals surface area contributed by atoms with Gasteiger partial charge < -0.3 is 5.32 Å². The van der Waals surface area contributed by atoms with E-state index >= 15 is 0 Å². The van der Waals surface area contributed by atoms with Crippen molar-refractivity contribution in [3.05, 3.63) is 29.6 Å². The minimum absolute atomic E-state index is 0.0864. The second-order valence-electron chi connectivity index (χ2n) is 5.59. The van der Waals surface area contributed by atoms with Crippen LogP contribution < -0.4 is 5.32 Å². The van der Waals surface area contributed by atoms with Gasteiger partial charge in [-0.25, -0.2) is 8.42 Å². The van der Waals surface area contributed by atoms with Crippen molar-refractivity contribution in [3.63, 3.8) is 0 Å². The number of nitrogens with one attached hydrogen (secondary N) is 1. The fraction of sp³-hybridized carbons (Fsp3) is 0.600. The average molecular weight is 325 g/mol. The Morgan fingerprint density at radius 2 is 2.23 bits per heavy atom. The first-order valence-corrected chi connectivity index (χ1v) is 9.23. The second-order valence-corrected chi connectivity index (χ2v) is 7.63. The lowest BCUT2D eigenvalue weighted by molar-refractivity contribution is -0.119. The number of rotatable bonds is 6. The minimum atomic E-state index is -3.20. The lowest BCUT2D eigenvalue weighted by Gasteiger charge is -2.23. The van der Waals surface area contributed by atoms with Crippen LogP contribution in [0.5, 0.6) is 0 Å². The molecule has 2 heterocycles. The van der Waals surface area contributed by atoms with E-state index in [9.17, 15) is 13.2 Å². The predicted octanol–water partition coefficient (Wildman–Crippen LogP) is 1.59. The molecule has 1 fully saturated rings. The molecule has 0 saturated carbocycles. The molecule has 0 radical (unpaired) electrons. The van der Waals surface area contributed by atoms with E-state index in [1.165, 1.54) is 6.92 Å². The van der Waals surface area contributed by atoms with Crippen molar-refractivity contribution in [2.75, 3.05) is 12.3 Å². The Labute approximate surface area is 132 Å². The first-order valence-electron chi connectivity index (χ1n) is 7.63. The topological polar surface area (TPSA) is 79.4 Å². The summed E-state index contributed by atoms with van der Waals surface area (Å²) in [4.78, 5) is 15.3. The van der Waals surface area contributed by atoms with Gasteiger partial charge in [0.25, 0.3) is 0 Å². The largest absolute Gasteiger partial charge is 0.352 e. The molecule has 1 aromatic rings. The van der Waals surface area contributed by atoms with Gasteiger partial charge in [-0.15, -0.1) is 0 Å². The smallest absolute Gasteiger partial charge is 0.217 e. The first kappa shape index (κ1) is 16.9. The quantitative estimate of drug-likeness (QED) is 0.861. The van der Waals surface area contributed by atoms with Gasteiger partial charge in [0, 0.05) is 26.2 Å².